The lowest BCUT2D eigenvalue weighted by molar-refractivity contribution is 0.478. The van der Waals surface area contributed by atoms with Gasteiger partial charge in [0, 0.05) is 11.1 Å². The highest BCUT2D eigenvalue weighted by atomic mass is 16.3. The Labute approximate surface area is 126 Å². The van der Waals surface area contributed by atoms with E-state index in [1.165, 1.54) is 24.8 Å². The number of hydrogen-bond donors (Lipinski definition) is 2. The molecule has 3 N–H and O–H groups in total. The molecule has 2 aromatic rings. The molecule has 108 valence electrons. The Morgan fingerprint density at radius 1 is 0.952 bits per heavy atom. The van der Waals surface area contributed by atoms with Gasteiger partial charge in [0.25, 0.3) is 0 Å². The van der Waals surface area contributed by atoms with Gasteiger partial charge >= 0.3 is 0 Å². The molecular weight excluding hydrogens is 258 g/mol. The van der Waals surface area contributed by atoms with Crippen LogP contribution in [0.5, 0.6) is 5.75 Å². The van der Waals surface area contributed by atoms with Crippen molar-refractivity contribution < 1.29 is 5.11 Å². The highest BCUT2D eigenvalue weighted by molar-refractivity contribution is 5.57. The third-order valence-electron chi connectivity index (χ3n) is 3.40. The predicted octanol–water partition coefficient (Wildman–Crippen LogP) is 4.11. The van der Waals surface area contributed by atoms with Crippen LogP contribution in [-0.2, 0) is 6.42 Å². The van der Waals surface area contributed by atoms with E-state index in [-0.39, 0.29) is 5.75 Å². The molecule has 0 aromatic heterocycles. The molecule has 0 radical (unpaired) electrons. The first-order valence-electron chi connectivity index (χ1n) is 7.38. The fourth-order valence-corrected chi connectivity index (χ4v) is 2.11. The maximum Gasteiger partial charge on any atom is 0.138 e. The highest BCUT2D eigenvalue weighted by Gasteiger charge is 1.96. The van der Waals surface area contributed by atoms with Crippen molar-refractivity contribution in [2.45, 2.75) is 32.6 Å². The average Bonchev–Trinajstić information content (AvgIpc) is 2.50. The van der Waals surface area contributed by atoms with Gasteiger partial charge in [0.1, 0.15) is 5.75 Å². The van der Waals surface area contributed by atoms with Crippen LogP contribution in [0.3, 0.4) is 0 Å². The molecule has 2 nitrogen and oxygen atoms in total. The molecule has 2 heteroatoms. The van der Waals surface area contributed by atoms with Crippen LogP contribution in [0.25, 0.3) is 0 Å². The predicted molar refractivity (Wildman–Crippen MR) is 88.2 cm³/mol. The summed E-state index contributed by atoms with van der Waals surface area (Å²) in [6.07, 6.45) is 4.91. The summed E-state index contributed by atoms with van der Waals surface area (Å²) in [6, 6.07) is 13.4. The van der Waals surface area contributed by atoms with Gasteiger partial charge in [0.05, 0.1) is 5.69 Å². The quantitative estimate of drug-likeness (QED) is 0.383. The minimum atomic E-state index is 0.0944. The van der Waals surface area contributed by atoms with E-state index in [1.54, 1.807) is 18.2 Å². The van der Waals surface area contributed by atoms with Crippen LogP contribution in [0.15, 0.2) is 42.5 Å². The Hall–Kier alpha value is -2.40. The highest BCUT2D eigenvalue weighted by Crippen LogP contribution is 2.19. The van der Waals surface area contributed by atoms with Crippen molar-refractivity contribution in [2.24, 2.45) is 0 Å². The zero-order valence-electron chi connectivity index (χ0n) is 12.4. The van der Waals surface area contributed by atoms with Crippen LogP contribution < -0.4 is 5.73 Å². The number of phenols is 1. The minimum Gasteiger partial charge on any atom is -0.506 e. The summed E-state index contributed by atoms with van der Waals surface area (Å²) < 4.78 is 0. The summed E-state index contributed by atoms with van der Waals surface area (Å²) in [5.41, 5.74) is 9.16. The van der Waals surface area contributed by atoms with Crippen molar-refractivity contribution in [1.29, 1.82) is 0 Å². The molecule has 2 aromatic carbocycles. The summed E-state index contributed by atoms with van der Waals surface area (Å²) in [7, 11) is 0. The van der Waals surface area contributed by atoms with E-state index in [0.717, 1.165) is 17.5 Å². The maximum absolute atomic E-state index is 9.37. The molecule has 0 saturated heterocycles. The van der Waals surface area contributed by atoms with Gasteiger partial charge in [-0.15, -0.1) is 0 Å². The Morgan fingerprint density at radius 3 is 2.29 bits per heavy atom. The second-order valence-corrected chi connectivity index (χ2v) is 5.18. The van der Waals surface area contributed by atoms with Crippen LogP contribution in [0.4, 0.5) is 5.69 Å². The number of phenolic OH excluding ortho intramolecular Hbond substituents is 1. The Kier molecular flexibility index (Phi) is 5.29. The molecule has 0 aliphatic carbocycles. The van der Waals surface area contributed by atoms with Gasteiger partial charge in [-0.05, 0) is 48.7 Å². The molecule has 0 atom stereocenters. The van der Waals surface area contributed by atoms with Crippen molar-refractivity contribution in [3.8, 4) is 17.6 Å². The van der Waals surface area contributed by atoms with Gasteiger partial charge in [0.15, 0.2) is 0 Å². The molecule has 2 rings (SSSR count). The van der Waals surface area contributed by atoms with E-state index in [0.29, 0.717) is 5.69 Å². The lowest BCUT2D eigenvalue weighted by Crippen LogP contribution is -1.87. The fourth-order valence-electron chi connectivity index (χ4n) is 2.11. The Bertz CT molecular complexity index is 648. The van der Waals surface area contributed by atoms with Crippen molar-refractivity contribution in [3.63, 3.8) is 0 Å². The second-order valence-electron chi connectivity index (χ2n) is 5.18. The zero-order chi connectivity index (χ0) is 15.1. The van der Waals surface area contributed by atoms with Crippen LogP contribution >= 0.6 is 0 Å². The Balaban J connectivity index is 2.03. The van der Waals surface area contributed by atoms with Gasteiger partial charge in [-0.3, -0.25) is 0 Å². The molecule has 0 heterocycles. The average molecular weight is 279 g/mol. The number of rotatable bonds is 4. The third-order valence-corrected chi connectivity index (χ3v) is 3.40. The van der Waals surface area contributed by atoms with E-state index in [9.17, 15) is 5.11 Å². The minimum absolute atomic E-state index is 0.0944. The van der Waals surface area contributed by atoms with Gasteiger partial charge < -0.3 is 10.8 Å². The van der Waals surface area contributed by atoms with E-state index in [4.69, 9.17) is 5.73 Å². The smallest absolute Gasteiger partial charge is 0.138 e. The molecule has 0 fully saturated rings. The number of benzene rings is 2. The zero-order valence-corrected chi connectivity index (χ0v) is 12.4. The SMILES string of the molecule is CCCCCc1ccc(C#Cc2ccc(O)c(N)c2)cc1. The second kappa shape index (κ2) is 7.40. The van der Waals surface area contributed by atoms with Gasteiger partial charge in [-0.25, -0.2) is 0 Å². The van der Waals surface area contributed by atoms with Gasteiger partial charge in [-0.2, -0.15) is 0 Å². The number of aromatic hydroxyl groups is 1. The van der Waals surface area contributed by atoms with Crippen LogP contribution in [0.2, 0.25) is 0 Å². The third kappa shape index (κ3) is 4.57. The van der Waals surface area contributed by atoms with Crippen molar-refractivity contribution >= 4 is 5.69 Å². The van der Waals surface area contributed by atoms with Crippen LogP contribution in [0.1, 0.15) is 42.9 Å². The standard InChI is InChI=1S/C19H21NO/c1-2-3-4-5-15-6-8-16(9-7-15)10-11-17-12-13-19(21)18(20)14-17/h6-9,12-14,21H,2-5,20H2,1H3. The lowest BCUT2D eigenvalue weighted by Gasteiger charge is -2.00. The number of aryl methyl sites for hydroxylation is 1. The molecule has 0 bridgehead atoms. The summed E-state index contributed by atoms with van der Waals surface area (Å²) in [6.45, 7) is 2.22. The number of nitrogen functional groups attached to an aromatic ring is 1. The summed E-state index contributed by atoms with van der Waals surface area (Å²) >= 11 is 0. The van der Waals surface area contributed by atoms with E-state index < -0.39 is 0 Å². The largest absolute Gasteiger partial charge is 0.506 e. The Morgan fingerprint density at radius 2 is 1.62 bits per heavy atom. The topological polar surface area (TPSA) is 46.2 Å². The summed E-state index contributed by atoms with van der Waals surface area (Å²) in [4.78, 5) is 0. The van der Waals surface area contributed by atoms with E-state index in [2.05, 4.69) is 43.0 Å². The molecule has 0 spiro atoms. The maximum atomic E-state index is 9.37. The monoisotopic (exact) mass is 279 g/mol. The fraction of sp³-hybridized carbons (Fsp3) is 0.263. The molecule has 21 heavy (non-hydrogen) atoms. The number of hydrogen-bond acceptors (Lipinski definition) is 2. The van der Waals surface area contributed by atoms with Crippen LogP contribution in [0, 0.1) is 11.8 Å². The molecule has 0 aliphatic heterocycles. The van der Waals surface area contributed by atoms with E-state index in [1.807, 2.05) is 0 Å². The van der Waals surface area contributed by atoms with E-state index >= 15 is 0 Å². The van der Waals surface area contributed by atoms with Crippen LogP contribution in [-0.4, -0.2) is 5.11 Å². The van der Waals surface area contributed by atoms with Crippen molar-refractivity contribution in [2.75, 3.05) is 5.73 Å². The number of nitrogens with two attached hydrogens (primary N) is 1. The summed E-state index contributed by atoms with van der Waals surface area (Å²) in [5, 5.41) is 9.37. The summed E-state index contributed by atoms with van der Waals surface area (Å²) in [5.74, 6) is 6.27. The molecule has 0 aliphatic rings. The number of anilines is 1. The molecule has 0 unspecified atom stereocenters. The normalized spacial score (nSPS) is 9.95. The first-order chi connectivity index (χ1) is 10.2. The first-order valence-corrected chi connectivity index (χ1v) is 7.38. The van der Waals surface area contributed by atoms with Gasteiger partial charge in [-0.1, -0.05) is 43.7 Å². The van der Waals surface area contributed by atoms with Gasteiger partial charge in [0.2, 0.25) is 0 Å². The lowest BCUT2D eigenvalue weighted by atomic mass is 10.1. The molecule has 0 amide bonds. The molecular formula is C19H21NO. The van der Waals surface area contributed by atoms with Crippen molar-refractivity contribution in [3.05, 3.63) is 59.2 Å². The van der Waals surface area contributed by atoms with Crippen molar-refractivity contribution in [1.82, 2.24) is 0 Å². The number of unbranched alkanes of at least 4 members (excludes halogenated alkanes) is 2. The molecule has 0 saturated carbocycles. The first kappa shape index (κ1) is 15.0.